The number of nitrogens with zero attached hydrogens (tertiary/aromatic N) is 3. The molecule has 0 radical (unpaired) electrons. The van der Waals surface area contributed by atoms with Gasteiger partial charge in [-0.1, -0.05) is 0 Å². The van der Waals surface area contributed by atoms with E-state index in [1.165, 1.54) is 6.42 Å². The van der Waals surface area contributed by atoms with Crippen LogP contribution in [-0.4, -0.2) is 34.0 Å². The zero-order chi connectivity index (χ0) is 10.8. The Hall–Kier alpha value is -1.16. The summed E-state index contributed by atoms with van der Waals surface area (Å²) in [6, 6.07) is 2.60. The van der Waals surface area contributed by atoms with Gasteiger partial charge in [-0.05, 0) is 32.9 Å². The lowest BCUT2D eigenvalue weighted by Crippen LogP contribution is -2.28. The van der Waals surface area contributed by atoms with E-state index < -0.39 is 0 Å². The van der Waals surface area contributed by atoms with Crippen molar-refractivity contribution < 1.29 is 0 Å². The van der Waals surface area contributed by atoms with E-state index >= 15 is 0 Å². The first-order valence-corrected chi connectivity index (χ1v) is 5.49. The summed E-state index contributed by atoms with van der Waals surface area (Å²) in [5.41, 5.74) is 6.67. The number of anilines is 1. The summed E-state index contributed by atoms with van der Waals surface area (Å²) in [6.07, 6.45) is 2.92. The summed E-state index contributed by atoms with van der Waals surface area (Å²) < 4.78 is 0. The number of nitrogens with two attached hydrogens (primary N) is 1. The molecular formula is C11H18N4. The smallest absolute Gasteiger partial charge is 0.220 e. The molecule has 0 aliphatic carbocycles. The third kappa shape index (κ3) is 2.26. The van der Waals surface area contributed by atoms with Gasteiger partial charge in [-0.25, -0.2) is 9.97 Å². The van der Waals surface area contributed by atoms with Crippen LogP contribution in [0.25, 0.3) is 0 Å². The van der Waals surface area contributed by atoms with Gasteiger partial charge in [0.25, 0.3) is 0 Å². The first kappa shape index (κ1) is 10.4. The Morgan fingerprint density at radius 2 is 2.33 bits per heavy atom. The standard InChI is InChI=1S/C11H18N4/c1-8(2)15-6-4-9(7-15)10-3-5-13-11(12)14-10/h3,5,8-9H,4,6-7H2,1-2H3,(H2,12,13,14). The fourth-order valence-corrected chi connectivity index (χ4v) is 2.11. The van der Waals surface area contributed by atoms with Crippen LogP contribution in [0.4, 0.5) is 5.95 Å². The van der Waals surface area contributed by atoms with Crippen LogP contribution >= 0.6 is 0 Å². The third-order valence-electron chi connectivity index (χ3n) is 3.06. The first-order valence-electron chi connectivity index (χ1n) is 5.49. The van der Waals surface area contributed by atoms with Crippen molar-refractivity contribution in [1.29, 1.82) is 0 Å². The van der Waals surface area contributed by atoms with Gasteiger partial charge in [0.05, 0.1) is 5.69 Å². The van der Waals surface area contributed by atoms with E-state index in [4.69, 9.17) is 5.73 Å². The van der Waals surface area contributed by atoms with Gasteiger partial charge < -0.3 is 10.6 Å². The van der Waals surface area contributed by atoms with Crippen molar-refractivity contribution in [3.05, 3.63) is 18.0 Å². The second kappa shape index (κ2) is 4.14. The first-order chi connectivity index (χ1) is 7.16. The van der Waals surface area contributed by atoms with Gasteiger partial charge in [-0.15, -0.1) is 0 Å². The number of rotatable bonds is 2. The molecule has 15 heavy (non-hydrogen) atoms. The number of aromatic nitrogens is 2. The summed E-state index contributed by atoms with van der Waals surface area (Å²) in [5.74, 6) is 0.910. The maximum atomic E-state index is 5.58. The van der Waals surface area contributed by atoms with Crippen LogP contribution in [0.15, 0.2) is 12.3 Å². The van der Waals surface area contributed by atoms with E-state index in [2.05, 4.69) is 28.7 Å². The van der Waals surface area contributed by atoms with E-state index in [9.17, 15) is 0 Å². The van der Waals surface area contributed by atoms with E-state index in [1.54, 1.807) is 6.20 Å². The molecule has 1 atom stereocenters. The van der Waals surface area contributed by atoms with Gasteiger partial charge in [0.15, 0.2) is 0 Å². The molecule has 4 heteroatoms. The molecule has 0 bridgehead atoms. The SMILES string of the molecule is CC(C)N1CCC(c2ccnc(N)n2)C1. The number of nitrogen functional groups attached to an aromatic ring is 1. The van der Waals surface area contributed by atoms with Crippen LogP contribution in [0.3, 0.4) is 0 Å². The van der Waals surface area contributed by atoms with Crippen molar-refractivity contribution in [3.63, 3.8) is 0 Å². The third-order valence-corrected chi connectivity index (χ3v) is 3.06. The fourth-order valence-electron chi connectivity index (χ4n) is 2.11. The number of hydrogen-bond donors (Lipinski definition) is 1. The average Bonchev–Trinajstić information content (AvgIpc) is 2.66. The van der Waals surface area contributed by atoms with Crippen LogP contribution in [0.2, 0.25) is 0 Å². The highest BCUT2D eigenvalue weighted by molar-refractivity contribution is 5.20. The van der Waals surface area contributed by atoms with Crippen molar-refractivity contribution in [3.8, 4) is 0 Å². The minimum atomic E-state index is 0.385. The maximum absolute atomic E-state index is 5.58. The Morgan fingerprint density at radius 3 is 2.93 bits per heavy atom. The molecule has 1 aliphatic heterocycles. The van der Waals surface area contributed by atoms with E-state index in [0.29, 0.717) is 17.9 Å². The second-order valence-corrected chi connectivity index (χ2v) is 4.41. The van der Waals surface area contributed by atoms with Gasteiger partial charge in [0.2, 0.25) is 5.95 Å². The molecule has 0 amide bonds. The topological polar surface area (TPSA) is 55.0 Å². The largest absolute Gasteiger partial charge is 0.368 e. The van der Waals surface area contributed by atoms with Crippen molar-refractivity contribution in [2.75, 3.05) is 18.8 Å². The molecule has 0 spiro atoms. The Kier molecular flexibility index (Phi) is 2.86. The molecule has 1 fully saturated rings. The average molecular weight is 206 g/mol. The number of hydrogen-bond acceptors (Lipinski definition) is 4. The normalized spacial score (nSPS) is 22.5. The van der Waals surface area contributed by atoms with Crippen LogP contribution in [0.5, 0.6) is 0 Å². The van der Waals surface area contributed by atoms with Crippen molar-refractivity contribution >= 4 is 5.95 Å². The minimum Gasteiger partial charge on any atom is -0.368 e. The molecule has 0 aromatic carbocycles. The van der Waals surface area contributed by atoms with Gasteiger partial charge in [-0.2, -0.15) is 0 Å². The van der Waals surface area contributed by atoms with Gasteiger partial charge in [-0.3, -0.25) is 0 Å². The minimum absolute atomic E-state index is 0.385. The summed E-state index contributed by atoms with van der Waals surface area (Å²) in [7, 11) is 0. The molecule has 2 heterocycles. The van der Waals surface area contributed by atoms with E-state index in [0.717, 1.165) is 18.8 Å². The second-order valence-electron chi connectivity index (χ2n) is 4.41. The zero-order valence-electron chi connectivity index (χ0n) is 9.35. The summed E-state index contributed by atoms with van der Waals surface area (Å²) in [4.78, 5) is 10.7. The highest BCUT2D eigenvalue weighted by atomic mass is 15.2. The van der Waals surface area contributed by atoms with Gasteiger partial charge in [0.1, 0.15) is 0 Å². The lowest BCUT2D eigenvalue weighted by Gasteiger charge is -2.20. The zero-order valence-corrected chi connectivity index (χ0v) is 9.35. The lowest BCUT2D eigenvalue weighted by molar-refractivity contribution is 0.272. The predicted molar refractivity (Wildman–Crippen MR) is 60.5 cm³/mol. The molecule has 1 aromatic rings. The highest BCUT2D eigenvalue weighted by Crippen LogP contribution is 2.26. The van der Waals surface area contributed by atoms with E-state index in [-0.39, 0.29) is 0 Å². The highest BCUT2D eigenvalue weighted by Gasteiger charge is 2.26. The van der Waals surface area contributed by atoms with Crippen LogP contribution in [0.1, 0.15) is 31.9 Å². The van der Waals surface area contributed by atoms with Crippen LogP contribution < -0.4 is 5.73 Å². The molecule has 0 saturated carbocycles. The Balaban J connectivity index is 2.08. The molecule has 2 N–H and O–H groups in total. The molecule has 1 aromatic heterocycles. The molecular weight excluding hydrogens is 188 g/mol. The monoisotopic (exact) mass is 206 g/mol. The quantitative estimate of drug-likeness (QED) is 0.791. The van der Waals surface area contributed by atoms with E-state index in [1.807, 2.05) is 6.07 Å². The fraction of sp³-hybridized carbons (Fsp3) is 0.636. The molecule has 1 saturated heterocycles. The Labute approximate surface area is 90.5 Å². The Morgan fingerprint density at radius 1 is 1.53 bits per heavy atom. The predicted octanol–water partition coefficient (Wildman–Crippen LogP) is 1.26. The molecule has 1 unspecified atom stereocenters. The van der Waals surface area contributed by atoms with Crippen LogP contribution in [-0.2, 0) is 0 Å². The van der Waals surface area contributed by atoms with Gasteiger partial charge in [0, 0.05) is 24.7 Å². The number of likely N-dealkylation sites (tertiary alicyclic amines) is 1. The molecule has 4 nitrogen and oxygen atoms in total. The van der Waals surface area contributed by atoms with Crippen LogP contribution in [0, 0.1) is 0 Å². The Bertz CT molecular complexity index is 337. The maximum Gasteiger partial charge on any atom is 0.220 e. The lowest BCUT2D eigenvalue weighted by atomic mass is 10.1. The molecule has 1 aliphatic rings. The van der Waals surface area contributed by atoms with Crippen molar-refractivity contribution in [1.82, 2.24) is 14.9 Å². The van der Waals surface area contributed by atoms with Gasteiger partial charge >= 0.3 is 0 Å². The molecule has 82 valence electrons. The summed E-state index contributed by atoms with van der Waals surface area (Å²) in [6.45, 7) is 6.72. The summed E-state index contributed by atoms with van der Waals surface area (Å²) >= 11 is 0. The van der Waals surface area contributed by atoms with Crippen molar-refractivity contribution in [2.24, 2.45) is 0 Å². The molecule has 2 rings (SSSR count). The summed E-state index contributed by atoms with van der Waals surface area (Å²) in [5, 5.41) is 0. The van der Waals surface area contributed by atoms with Crippen molar-refractivity contribution in [2.45, 2.75) is 32.2 Å².